The van der Waals surface area contributed by atoms with Crippen molar-refractivity contribution >= 4 is 49.0 Å². The summed E-state index contributed by atoms with van der Waals surface area (Å²) in [5.74, 6) is -0.865. The number of nitrogens with zero attached hydrogens (tertiary/aromatic N) is 4. The number of hydrogen-bond acceptors (Lipinski definition) is 6. The summed E-state index contributed by atoms with van der Waals surface area (Å²) < 4.78 is 29.0. The van der Waals surface area contributed by atoms with Crippen molar-refractivity contribution in [2.24, 2.45) is 4.99 Å². The van der Waals surface area contributed by atoms with Crippen LogP contribution in [0.25, 0.3) is 5.69 Å². The molecule has 2 N–H and O–H groups in total. The second-order valence-electron chi connectivity index (χ2n) is 9.38. The predicted octanol–water partition coefficient (Wildman–Crippen LogP) is 4.46. The minimum atomic E-state index is -3.22. The van der Waals surface area contributed by atoms with E-state index < -0.39 is 16.0 Å². The molecule has 3 aromatic rings. The molecule has 194 valence electrons. The van der Waals surface area contributed by atoms with E-state index in [1.54, 1.807) is 35.6 Å². The summed E-state index contributed by atoms with van der Waals surface area (Å²) in [5, 5.41) is 12.9. The average molecular weight is 587 g/mol. The lowest BCUT2D eigenvalue weighted by atomic mass is 10.1. The third-order valence-corrected chi connectivity index (χ3v) is 9.46. The zero-order valence-corrected chi connectivity index (χ0v) is 23.2. The molecule has 0 radical (unpaired) electrons. The Bertz CT molecular complexity index is 1550. The molecule has 1 atom stereocenters. The van der Waals surface area contributed by atoms with E-state index in [1.165, 1.54) is 0 Å². The first-order chi connectivity index (χ1) is 17.6. The van der Waals surface area contributed by atoms with Crippen molar-refractivity contribution in [3.05, 3.63) is 69.2 Å². The van der Waals surface area contributed by atoms with Crippen LogP contribution in [0.2, 0.25) is 0 Å². The van der Waals surface area contributed by atoms with E-state index in [4.69, 9.17) is 4.99 Å². The summed E-state index contributed by atoms with van der Waals surface area (Å²) in [6.45, 7) is 6.59. The zero-order chi connectivity index (χ0) is 26.5. The number of aromatic carboxylic acids is 1. The fourth-order valence-electron chi connectivity index (χ4n) is 5.11. The minimum absolute atomic E-state index is 0.0186. The van der Waals surface area contributed by atoms with Gasteiger partial charge in [0.25, 0.3) is 0 Å². The number of carbonyl (C=O) groups is 1. The van der Waals surface area contributed by atoms with Crippen molar-refractivity contribution in [1.82, 2.24) is 13.9 Å². The Morgan fingerprint density at radius 3 is 2.78 bits per heavy atom. The van der Waals surface area contributed by atoms with Gasteiger partial charge in [0, 0.05) is 54.4 Å². The number of carboxylic acids is 1. The largest absolute Gasteiger partial charge is 0.478 e. The second-order valence-corrected chi connectivity index (χ2v) is 12.5. The van der Waals surface area contributed by atoms with Crippen molar-refractivity contribution in [3.8, 4) is 5.69 Å². The van der Waals surface area contributed by atoms with Crippen LogP contribution in [-0.2, 0) is 16.4 Å². The van der Waals surface area contributed by atoms with Crippen LogP contribution >= 0.6 is 15.9 Å². The monoisotopic (exact) mass is 585 g/mol. The highest BCUT2D eigenvalue weighted by atomic mass is 79.9. The highest BCUT2D eigenvalue weighted by Gasteiger charge is 2.32. The number of aromatic nitrogens is 2. The maximum atomic E-state index is 12.3. The Labute approximate surface area is 224 Å². The van der Waals surface area contributed by atoms with E-state index in [1.807, 2.05) is 24.5 Å². The van der Waals surface area contributed by atoms with Crippen LogP contribution in [0.4, 0.5) is 11.4 Å². The van der Waals surface area contributed by atoms with Gasteiger partial charge < -0.3 is 15.0 Å². The predicted molar refractivity (Wildman–Crippen MR) is 147 cm³/mol. The van der Waals surface area contributed by atoms with E-state index in [9.17, 15) is 18.3 Å². The summed E-state index contributed by atoms with van der Waals surface area (Å²) in [6.07, 6.45) is 3.05. The van der Waals surface area contributed by atoms with Crippen LogP contribution in [-0.4, -0.2) is 63.9 Å². The highest BCUT2D eigenvalue weighted by molar-refractivity contribution is 9.10. The van der Waals surface area contributed by atoms with Gasteiger partial charge in [-0.2, -0.15) is 4.31 Å². The van der Waals surface area contributed by atoms with Crippen LogP contribution < -0.4 is 5.32 Å². The van der Waals surface area contributed by atoms with Gasteiger partial charge in [0.05, 0.1) is 32.9 Å². The molecule has 1 fully saturated rings. The summed E-state index contributed by atoms with van der Waals surface area (Å²) in [6, 6.07) is 8.94. The number of aliphatic imine (C=N–C) groups is 1. The Hall–Kier alpha value is -3.02. The van der Waals surface area contributed by atoms with E-state index >= 15 is 0 Å². The number of hydrogen-bond donors (Lipinski definition) is 2. The molecule has 2 aromatic heterocycles. The lowest BCUT2D eigenvalue weighted by Crippen LogP contribution is -2.32. The number of rotatable bonds is 7. The molecule has 1 saturated heterocycles. The SMILES string of the molecule is CCS(=O)(=O)N1CCC(Nc2c(Br)cnc3c2N=C(c2cc(C)n(-c4cccc(C(=O)O)c4)c2C)C3)C1. The molecule has 2 aliphatic heterocycles. The number of halogens is 1. The maximum absolute atomic E-state index is 12.3. The third kappa shape index (κ3) is 4.71. The summed E-state index contributed by atoms with van der Waals surface area (Å²) in [5.41, 5.74) is 7.28. The molecule has 0 spiro atoms. The van der Waals surface area contributed by atoms with Crippen LogP contribution in [0, 0.1) is 13.8 Å². The highest BCUT2D eigenvalue weighted by Crippen LogP contribution is 2.41. The van der Waals surface area contributed by atoms with E-state index in [-0.39, 0.29) is 17.4 Å². The number of benzene rings is 1. The van der Waals surface area contributed by atoms with Gasteiger partial charge in [-0.1, -0.05) is 6.07 Å². The van der Waals surface area contributed by atoms with Crippen LogP contribution in [0.5, 0.6) is 0 Å². The maximum Gasteiger partial charge on any atom is 0.335 e. The summed E-state index contributed by atoms with van der Waals surface area (Å²) in [7, 11) is -3.22. The number of anilines is 1. The second kappa shape index (κ2) is 9.70. The van der Waals surface area contributed by atoms with E-state index in [2.05, 4.69) is 32.3 Å². The quantitative estimate of drug-likeness (QED) is 0.422. The van der Waals surface area contributed by atoms with Gasteiger partial charge in [-0.25, -0.2) is 18.2 Å². The zero-order valence-electron chi connectivity index (χ0n) is 20.8. The fourth-order valence-corrected chi connectivity index (χ4v) is 6.67. The van der Waals surface area contributed by atoms with Crippen LogP contribution in [0.1, 0.15) is 46.3 Å². The number of fused-ring (bicyclic) bond motifs is 1. The van der Waals surface area contributed by atoms with Crippen LogP contribution in [0.3, 0.4) is 0 Å². The lowest BCUT2D eigenvalue weighted by molar-refractivity contribution is 0.0697. The van der Waals surface area contributed by atoms with E-state index in [0.29, 0.717) is 19.5 Å². The van der Waals surface area contributed by atoms with Crippen molar-refractivity contribution in [2.45, 2.75) is 39.7 Å². The van der Waals surface area contributed by atoms with Crippen LogP contribution in [0.15, 0.2) is 46.0 Å². The number of sulfonamides is 1. The molecule has 5 rings (SSSR count). The topological polar surface area (TPSA) is 117 Å². The molecule has 0 aliphatic carbocycles. The van der Waals surface area contributed by atoms with Gasteiger partial charge in [0.1, 0.15) is 5.69 Å². The van der Waals surface area contributed by atoms with Crippen molar-refractivity contribution in [1.29, 1.82) is 0 Å². The molecule has 0 amide bonds. The summed E-state index contributed by atoms with van der Waals surface area (Å²) in [4.78, 5) is 21.1. The van der Waals surface area contributed by atoms with Gasteiger partial charge in [-0.05, 0) is 67.4 Å². The minimum Gasteiger partial charge on any atom is -0.478 e. The smallest absolute Gasteiger partial charge is 0.335 e. The number of nitrogens with one attached hydrogen (secondary N) is 1. The Morgan fingerprint density at radius 2 is 2.05 bits per heavy atom. The van der Waals surface area contributed by atoms with Gasteiger partial charge in [0.2, 0.25) is 10.0 Å². The number of aryl methyl sites for hydroxylation is 1. The normalized spacial score (nSPS) is 17.6. The number of carboxylic acid groups (broad SMARTS) is 1. The first kappa shape index (κ1) is 25.6. The Balaban J connectivity index is 1.46. The van der Waals surface area contributed by atoms with Crippen molar-refractivity contribution in [2.75, 3.05) is 24.2 Å². The molecule has 1 aromatic carbocycles. The summed E-state index contributed by atoms with van der Waals surface area (Å²) >= 11 is 3.60. The van der Waals surface area contributed by atoms with Gasteiger partial charge in [0.15, 0.2) is 0 Å². The van der Waals surface area contributed by atoms with E-state index in [0.717, 1.165) is 56.3 Å². The molecular formula is C26H28BrN5O4S. The molecule has 11 heteroatoms. The molecule has 0 saturated carbocycles. The molecule has 0 bridgehead atoms. The van der Waals surface area contributed by atoms with Gasteiger partial charge in [-0.3, -0.25) is 4.98 Å². The number of pyridine rings is 1. The Morgan fingerprint density at radius 1 is 1.27 bits per heavy atom. The molecule has 9 nitrogen and oxygen atoms in total. The first-order valence-electron chi connectivity index (χ1n) is 12.1. The van der Waals surface area contributed by atoms with Crippen molar-refractivity contribution < 1.29 is 18.3 Å². The molecule has 37 heavy (non-hydrogen) atoms. The van der Waals surface area contributed by atoms with Crippen molar-refractivity contribution in [3.63, 3.8) is 0 Å². The van der Waals surface area contributed by atoms with Gasteiger partial charge in [-0.15, -0.1) is 0 Å². The average Bonchev–Trinajstić information content (AvgIpc) is 3.58. The Kier molecular flexibility index (Phi) is 6.71. The molecule has 2 aliphatic rings. The third-order valence-electron chi connectivity index (χ3n) is 7.02. The lowest BCUT2D eigenvalue weighted by Gasteiger charge is -2.18. The first-order valence-corrected chi connectivity index (χ1v) is 14.5. The van der Waals surface area contributed by atoms with Gasteiger partial charge >= 0.3 is 5.97 Å². The standard InChI is InChI=1S/C26H28BrN5O4S/c1-4-37(35,36)31-9-8-18(14-31)29-24-21(27)13-28-23-12-22(30-25(23)24)20-10-15(2)32(16(20)3)19-7-5-6-17(11-19)26(33)34/h5-7,10-11,13,18H,4,8-9,12,14H2,1-3H3,(H,28,29)(H,33,34). The molecular weight excluding hydrogens is 558 g/mol. The molecule has 1 unspecified atom stereocenters. The molecule has 4 heterocycles. The fraction of sp³-hybridized carbons (Fsp3) is 0.346.